The largest absolute Gasteiger partial charge is 0.386 e. The third-order valence-electron chi connectivity index (χ3n) is 3.21. The molecule has 5 nitrogen and oxygen atoms in total. The maximum absolute atomic E-state index is 6.00. The summed E-state index contributed by atoms with van der Waals surface area (Å²) in [4.78, 5) is 9.26. The van der Waals surface area contributed by atoms with Crippen LogP contribution in [0.25, 0.3) is 0 Å². The van der Waals surface area contributed by atoms with Crippen molar-refractivity contribution in [3.63, 3.8) is 0 Å². The fourth-order valence-corrected chi connectivity index (χ4v) is 2.27. The van der Waals surface area contributed by atoms with Crippen molar-refractivity contribution >= 4 is 5.84 Å². The summed E-state index contributed by atoms with van der Waals surface area (Å²) in [6.45, 7) is 6.99. The van der Waals surface area contributed by atoms with E-state index < -0.39 is 0 Å². The summed E-state index contributed by atoms with van der Waals surface area (Å²) >= 11 is 0. The van der Waals surface area contributed by atoms with E-state index in [0.717, 1.165) is 25.5 Å². The first-order valence-electron chi connectivity index (χ1n) is 5.56. The van der Waals surface area contributed by atoms with Gasteiger partial charge in [-0.2, -0.15) is 0 Å². The van der Waals surface area contributed by atoms with Gasteiger partial charge < -0.3 is 10.5 Å². The van der Waals surface area contributed by atoms with E-state index in [2.05, 4.69) is 14.8 Å². The van der Waals surface area contributed by atoms with Crippen molar-refractivity contribution in [2.24, 2.45) is 10.7 Å². The summed E-state index contributed by atoms with van der Waals surface area (Å²) < 4.78 is 4.95. The topological polar surface area (TPSA) is 54.1 Å². The summed E-state index contributed by atoms with van der Waals surface area (Å²) in [6, 6.07) is 0.337. The van der Waals surface area contributed by atoms with Crippen molar-refractivity contribution in [2.45, 2.75) is 6.04 Å². The van der Waals surface area contributed by atoms with Crippen LogP contribution in [-0.2, 0) is 4.74 Å². The number of hydrogen-bond donors (Lipinski definition) is 1. The van der Waals surface area contributed by atoms with Crippen molar-refractivity contribution in [1.29, 1.82) is 0 Å². The lowest BCUT2D eigenvalue weighted by atomic mass is 10.1. The van der Waals surface area contributed by atoms with Crippen molar-refractivity contribution in [3.8, 4) is 0 Å². The lowest BCUT2D eigenvalue weighted by molar-refractivity contribution is 0.0403. The molecule has 0 radical (unpaired) electrons. The number of nitrogens with two attached hydrogens (primary N) is 1. The summed E-state index contributed by atoms with van der Waals surface area (Å²) in [6.07, 6.45) is 0. The number of amidine groups is 1. The van der Waals surface area contributed by atoms with E-state index in [-0.39, 0.29) is 0 Å². The van der Waals surface area contributed by atoms with Gasteiger partial charge in [-0.05, 0) is 0 Å². The smallest absolute Gasteiger partial charge is 0.113 e. The number of hydrogen-bond acceptors (Lipinski definition) is 4. The summed E-state index contributed by atoms with van der Waals surface area (Å²) in [5, 5.41) is 0. The lowest BCUT2D eigenvalue weighted by Crippen LogP contribution is -2.64. The highest BCUT2D eigenvalue weighted by Crippen LogP contribution is 2.15. The number of ether oxygens (including phenoxy) is 1. The molecule has 3 aliphatic heterocycles. The zero-order chi connectivity index (χ0) is 10.7. The minimum absolute atomic E-state index is 0.337. The number of rotatable bonds is 4. The number of aliphatic imine (C=N–C) groups is 1. The molecule has 0 aromatic heterocycles. The third kappa shape index (κ3) is 2.48. The molecule has 3 heterocycles. The zero-order valence-electron chi connectivity index (χ0n) is 9.35. The Balaban J connectivity index is 1.89. The van der Waals surface area contributed by atoms with E-state index in [1.54, 1.807) is 7.11 Å². The predicted molar refractivity (Wildman–Crippen MR) is 60.2 cm³/mol. The monoisotopic (exact) mass is 212 g/mol. The standard InChI is InChI=1S/C10H20N4O/c1-15-7-2-12-10(11)9-8-13-3-5-14(9)6-4-13/h9H,2-8H2,1H3,(H2,11,12). The fourth-order valence-electron chi connectivity index (χ4n) is 2.27. The minimum atomic E-state index is 0.337. The van der Waals surface area contributed by atoms with Crippen LogP contribution >= 0.6 is 0 Å². The second-order valence-corrected chi connectivity index (χ2v) is 4.15. The molecule has 2 bridgehead atoms. The summed E-state index contributed by atoms with van der Waals surface area (Å²) in [5.74, 6) is 0.774. The van der Waals surface area contributed by atoms with Crippen molar-refractivity contribution in [2.75, 3.05) is 53.0 Å². The molecular formula is C10H20N4O. The van der Waals surface area contributed by atoms with Gasteiger partial charge in [0, 0.05) is 39.8 Å². The van der Waals surface area contributed by atoms with Crippen LogP contribution in [0.15, 0.2) is 4.99 Å². The molecule has 1 atom stereocenters. The van der Waals surface area contributed by atoms with Gasteiger partial charge in [-0.1, -0.05) is 0 Å². The van der Waals surface area contributed by atoms with Crippen LogP contribution in [0.1, 0.15) is 0 Å². The Morgan fingerprint density at radius 2 is 2.13 bits per heavy atom. The second kappa shape index (κ2) is 4.92. The molecule has 3 fully saturated rings. The van der Waals surface area contributed by atoms with Crippen molar-refractivity contribution in [1.82, 2.24) is 9.80 Å². The molecule has 1 unspecified atom stereocenters. The third-order valence-corrected chi connectivity index (χ3v) is 3.21. The van der Waals surface area contributed by atoms with Gasteiger partial charge in [-0.25, -0.2) is 0 Å². The van der Waals surface area contributed by atoms with Crippen LogP contribution in [-0.4, -0.2) is 74.7 Å². The van der Waals surface area contributed by atoms with Crippen LogP contribution in [0.5, 0.6) is 0 Å². The first-order valence-corrected chi connectivity index (χ1v) is 5.56. The quantitative estimate of drug-likeness (QED) is 0.368. The molecular weight excluding hydrogens is 192 g/mol. The molecule has 0 amide bonds. The molecule has 3 aliphatic rings. The average Bonchev–Trinajstić information content (AvgIpc) is 2.30. The first-order chi connectivity index (χ1) is 7.31. The van der Waals surface area contributed by atoms with Gasteiger partial charge in [0.05, 0.1) is 19.2 Å². The Bertz CT molecular complexity index is 236. The fraction of sp³-hybridized carbons (Fsp3) is 0.900. The molecule has 86 valence electrons. The predicted octanol–water partition coefficient (Wildman–Crippen LogP) is -1.01. The molecule has 0 saturated carbocycles. The lowest BCUT2D eigenvalue weighted by Gasteiger charge is -2.47. The van der Waals surface area contributed by atoms with Crippen molar-refractivity contribution < 1.29 is 4.74 Å². The maximum atomic E-state index is 6.00. The average molecular weight is 212 g/mol. The Morgan fingerprint density at radius 1 is 1.40 bits per heavy atom. The number of fused-ring (bicyclic) bond motifs is 3. The highest BCUT2D eigenvalue weighted by Gasteiger charge is 2.33. The molecule has 0 aromatic carbocycles. The molecule has 0 aliphatic carbocycles. The van der Waals surface area contributed by atoms with E-state index in [1.807, 2.05) is 0 Å². The van der Waals surface area contributed by atoms with Crippen LogP contribution in [0.2, 0.25) is 0 Å². The first kappa shape index (κ1) is 10.9. The van der Waals surface area contributed by atoms with Crippen molar-refractivity contribution in [3.05, 3.63) is 0 Å². The van der Waals surface area contributed by atoms with Gasteiger partial charge in [0.2, 0.25) is 0 Å². The molecule has 3 rings (SSSR count). The number of piperazine rings is 3. The van der Waals surface area contributed by atoms with E-state index in [1.165, 1.54) is 13.1 Å². The van der Waals surface area contributed by atoms with Crippen LogP contribution in [0, 0.1) is 0 Å². The molecule has 2 N–H and O–H groups in total. The highest BCUT2D eigenvalue weighted by molar-refractivity contribution is 5.86. The van der Waals surface area contributed by atoms with Gasteiger partial charge in [0.15, 0.2) is 0 Å². The Kier molecular flexibility index (Phi) is 3.56. The van der Waals surface area contributed by atoms with E-state index in [4.69, 9.17) is 10.5 Å². The highest BCUT2D eigenvalue weighted by atomic mass is 16.5. The van der Waals surface area contributed by atoms with Gasteiger partial charge in [0.1, 0.15) is 5.84 Å². The van der Waals surface area contributed by atoms with Gasteiger partial charge in [0.25, 0.3) is 0 Å². The maximum Gasteiger partial charge on any atom is 0.113 e. The number of methoxy groups -OCH3 is 1. The normalized spacial score (nSPS) is 35.8. The van der Waals surface area contributed by atoms with Gasteiger partial charge in [-0.15, -0.1) is 0 Å². The van der Waals surface area contributed by atoms with Crippen LogP contribution in [0.4, 0.5) is 0 Å². The Morgan fingerprint density at radius 3 is 2.67 bits per heavy atom. The van der Waals surface area contributed by atoms with E-state index >= 15 is 0 Å². The van der Waals surface area contributed by atoms with E-state index in [9.17, 15) is 0 Å². The molecule has 0 spiro atoms. The van der Waals surface area contributed by atoms with E-state index in [0.29, 0.717) is 19.2 Å². The summed E-state index contributed by atoms with van der Waals surface area (Å²) in [7, 11) is 1.68. The molecule has 5 heteroatoms. The zero-order valence-corrected chi connectivity index (χ0v) is 9.35. The van der Waals surface area contributed by atoms with Crippen LogP contribution in [0.3, 0.4) is 0 Å². The SMILES string of the molecule is COCCN=C(N)C1CN2CCN1CC2. The Labute approximate surface area is 90.9 Å². The van der Waals surface area contributed by atoms with Crippen LogP contribution < -0.4 is 5.73 Å². The Hall–Kier alpha value is -0.650. The van der Waals surface area contributed by atoms with Gasteiger partial charge >= 0.3 is 0 Å². The second-order valence-electron chi connectivity index (χ2n) is 4.15. The molecule has 3 saturated heterocycles. The number of nitrogens with zero attached hydrogens (tertiary/aromatic N) is 3. The molecule has 0 aromatic rings. The minimum Gasteiger partial charge on any atom is -0.386 e. The summed E-state index contributed by atoms with van der Waals surface area (Å²) in [5.41, 5.74) is 6.00. The van der Waals surface area contributed by atoms with Gasteiger partial charge in [-0.3, -0.25) is 14.8 Å². The molecule has 15 heavy (non-hydrogen) atoms.